The minimum Gasteiger partial charge on any atom is -0.349 e. The summed E-state index contributed by atoms with van der Waals surface area (Å²) in [7, 11) is 0. The van der Waals surface area contributed by atoms with Crippen LogP contribution in [0.3, 0.4) is 0 Å². The van der Waals surface area contributed by atoms with Gasteiger partial charge in [-0.2, -0.15) is 6.42 Å². The van der Waals surface area contributed by atoms with Crippen molar-refractivity contribution in [3.8, 4) is 0 Å². The molecular formula is C8H18NRe-. The summed E-state index contributed by atoms with van der Waals surface area (Å²) in [6.45, 7) is 8.82. The maximum absolute atomic E-state index is 3.17. The van der Waals surface area contributed by atoms with Crippen molar-refractivity contribution in [2.75, 3.05) is 13.1 Å². The Hall–Kier alpha value is 0.622. The molecule has 1 heterocycles. The van der Waals surface area contributed by atoms with E-state index in [1.165, 1.54) is 13.0 Å². The molecule has 0 amide bonds. The second-order valence-electron chi connectivity index (χ2n) is 3.01. The fourth-order valence-electron chi connectivity index (χ4n) is 0.510. The summed E-state index contributed by atoms with van der Waals surface area (Å²) in [5, 5.41) is 3.17. The van der Waals surface area contributed by atoms with Crippen molar-refractivity contribution in [3.63, 3.8) is 0 Å². The molecule has 1 rings (SSSR count). The number of nitrogens with one attached hydrogen (secondary N) is 1. The van der Waals surface area contributed by atoms with Crippen LogP contribution in [0.5, 0.6) is 0 Å². The Balaban J connectivity index is 0. The van der Waals surface area contributed by atoms with Crippen molar-refractivity contribution in [2.24, 2.45) is 5.92 Å². The third-order valence-electron chi connectivity index (χ3n) is 0.814. The quantitative estimate of drug-likeness (QED) is 0.673. The number of hydrogen-bond donors (Lipinski definition) is 1. The number of hydrogen-bond acceptors (Lipinski definition) is 1. The second-order valence-corrected chi connectivity index (χ2v) is 3.01. The van der Waals surface area contributed by atoms with Gasteiger partial charge in [0.05, 0.1) is 0 Å². The minimum absolute atomic E-state index is 0. The summed E-state index contributed by atoms with van der Waals surface area (Å²) < 4.78 is 0. The van der Waals surface area contributed by atoms with Gasteiger partial charge < -0.3 is 11.7 Å². The first-order chi connectivity index (χ1) is 4.23. The Kier molecular flexibility index (Phi) is 12.7. The second kappa shape index (κ2) is 9.62. The summed E-state index contributed by atoms with van der Waals surface area (Å²) in [6.07, 6.45) is 3.51. The van der Waals surface area contributed by atoms with Gasteiger partial charge in [0.2, 0.25) is 0 Å². The molecule has 63 valence electrons. The fourth-order valence-corrected chi connectivity index (χ4v) is 0.510. The summed E-state index contributed by atoms with van der Waals surface area (Å²) in [5.74, 6) is 0.833. The summed E-state index contributed by atoms with van der Waals surface area (Å²) in [4.78, 5) is 0. The normalized spacial score (nSPS) is 15.6. The first-order valence-electron chi connectivity index (χ1n) is 3.76. The SMILES string of the molecule is CC(C)C.[CH-]1CCNC1.[Re]. The van der Waals surface area contributed by atoms with Gasteiger partial charge in [0.25, 0.3) is 0 Å². The van der Waals surface area contributed by atoms with E-state index in [1.54, 1.807) is 0 Å². The molecule has 1 fully saturated rings. The van der Waals surface area contributed by atoms with Crippen LogP contribution in [0.4, 0.5) is 0 Å². The molecule has 0 saturated carbocycles. The van der Waals surface area contributed by atoms with Gasteiger partial charge in [-0.3, -0.25) is 0 Å². The zero-order valence-electron chi connectivity index (χ0n) is 7.15. The Morgan fingerprint density at radius 3 is 1.90 bits per heavy atom. The van der Waals surface area contributed by atoms with Crippen LogP contribution in [-0.2, 0) is 20.4 Å². The van der Waals surface area contributed by atoms with Crippen molar-refractivity contribution in [1.29, 1.82) is 0 Å². The zero-order valence-corrected chi connectivity index (χ0v) is 9.87. The van der Waals surface area contributed by atoms with Crippen LogP contribution in [-0.4, -0.2) is 13.1 Å². The van der Waals surface area contributed by atoms with Gasteiger partial charge in [-0.25, -0.2) is 0 Å². The van der Waals surface area contributed by atoms with Gasteiger partial charge in [-0.15, -0.1) is 6.54 Å². The van der Waals surface area contributed by atoms with E-state index >= 15 is 0 Å². The molecule has 10 heavy (non-hydrogen) atoms. The van der Waals surface area contributed by atoms with Crippen molar-refractivity contribution < 1.29 is 20.4 Å². The summed E-state index contributed by atoms with van der Waals surface area (Å²) >= 11 is 0. The predicted molar refractivity (Wildman–Crippen MR) is 42.3 cm³/mol. The van der Waals surface area contributed by atoms with Crippen LogP contribution in [0.2, 0.25) is 0 Å². The molecule has 0 unspecified atom stereocenters. The van der Waals surface area contributed by atoms with Crippen molar-refractivity contribution in [3.05, 3.63) is 6.42 Å². The first-order valence-corrected chi connectivity index (χ1v) is 3.76. The van der Waals surface area contributed by atoms with Crippen LogP contribution in [0, 0.1) is 12.3 Å². The Labute approximate surface area is 78.6 Å². The maximum atomic E-state index is 3.17. The van der Waals surface area contributed by atoms with E-state index in [0.717, 1.165) is 12.5 Å². The zero-order chi connectivity index (χ0) is 7.11. The van der Waals surface area contributed by atoms with E-state index in [9.17, 15) is 0 Å². The van der Waals surface area contributed by atoms with Crippen LogP contribution in [0.25, 0.3) is 0 Å². The van der Waals surface area contributed by atoms with Crippen LogP contribution < -0.4 is 5.32 Å². The molecule has 1 radical (unpaired) electrons. The van der Waals surface area contributed by atoms with Crippen molar-refractivity contribution in [1.82, 2.24) is 5.32 Å². The van der Waals surface area contributed by atoms with Gasteiger partial charge in [-0.1, -0.05) is 20.8 Å². The van der Waals surface area contributed by atoms with Crippen molar-refractivity contribution >= 4 is 0 Å². The van der Waals surface area contributed by atoms with E-state index in [2.05, 4.69) is 32.5 Å². The average Bonchev–Trinajstić information content (AvgIpc) is 2.11. The van der Waals surface area contributed by atoms with Gasteiger partial charge >= 0.3 is 0 Å². The van der Waals surface area contributed by atoms with E-state index < -0.39 is 0 Å². The minimum atomic E-state index is 0. The van der Waals surface area contributed by atoms with Gasteiger partial charge in [-0.05, 0) is 12.5 Å². The predicted octanol–water partition coefficient (Wildman–Crippen LogP) is 1.84. The van der Waals surface area contributed by atoms with Gasteiger partial charge in [0, 0.05) is 20.4 Å². The molecule has 2 heteroatoms. The standard InChI is InChI=1S/C4H8N.C4H10.Re/c1-2-4-5-3-1;1-4(2)3;/h1,5H,2-4H2;4H,1-3H3;/q-1;;. The molecule has 0 spiro atoms. The van der Waals surface area contributed by atoms with Gasteiger partial charge in [0.1, 0.15) is 0 Å². The molecule has 1 N–H and O–H groups in total. The molecule has 1 nitrogen and oxygen atoms in total. The molecule has 1 aliphatic heterocycles. The molecule has 0 atom stereocenters. The molecule has 0 aromatic carbocycles. The van der Waals surface area contributed by atoms with E-state index in [1.807, 2.05) is 0 Å². The molecule has 0 aromatic rings. The Morgan fingerprint density at radius 2 is 1.80 bits per heavy atom. The van der Waals surface area contributed by atoms with Crippen LogP contribution in [0.1, 0.15) is 27.2 Å². The van der Waals surface area contributed by atoms with E-state index in [-0.39, 0.29) is 20.4 Å². The molecule has 1 saturated heterocycles. The average molecular weight is 314 g/mol. The van der Waals surface area contributed by atoms with E-state index in [4.69, 9.17) is 0 Å². The molecule has 0 aliphatic carbocycles. The summed E-state index contributed by atoms with van der Waals surface area (Å²) in [6, 6.07) is 0. The smallest absolute Gasteiger partial charge is 0 e. The molecule has 0 bridgehead atoms. The Bertz CT molecular complexity index is 40.9. The number of rotatable bonds is 0. The third kappa shape index (κ3) is 15.8. The van der Waals surface area contributed by atoms with Crippen LogP contribution in [0.15, 0.2) is 0 Å². The Morgan fingerprint density at radius 1 is 1.30 bits per heavy atom. The maximum Gasteiger partial charge on any atom is 0 e. The van der Waals surface area contributed by atoms with E-state index in [0.29, 0.717) is 0 Å². The van der Waals surface area contributed by atoms with Crippen molar-refractivity contribution in [2.45, 2.75) is 27.2 Å². The molecular weight excluding hydrogens is 296 g/mol. The first kappa shape index (κ1) is 13.2. The molecule has 0 aromatic heterocycles. The fraction of sp³-hybridized carbons (Fsp3) is 0.875. The largest absolute Gasteiger partial charge is 0.349 e. The van der Waals surface area contributed by atoms with Crippen LogP contribution >= 0.6 is 0 Å². The topological polar surface area (TPSA) is 12.0 Å². The molecule has 1 aliphatic rings. The third-order valence-corrected chi connectivity index (χ3v) is 0.814. The summed E-state index contributed by atoms with van der Waals surface area (Å²) in [5.41, 5.74) is 0. The monoisotopic (exact) mass is 315 g/mol. The van der Waals surface area contributed by atoms with Gasteiger partial charge in [0.15, 0.2) is 0 Å².